The third-order valence-electron chi connectivity index (χ3n) is 2.92. The standard InChI is InChI=1S/C15H12BrFNO/c16-12-7-5-11(6-8-12)13(9-10-18-19)14-3-1-2-4-15(14)17/h1-8,13,19H,9H2. The SMILES string of the molecule is ON=[C]CC(c1ccc(Br)cc1)c1ccccc1F. The second-order valence-corrected chi connectivity index (χ2v) is 5.00. The van der Waals surface area contributed by atoms with Crippen LogP contribution in [0, 0.1) is 5.82 Å². The first kappa shape index (κ1) is 13.7. The molecule has 1 radical (unpaired) electrons. The Hall–Kier alpha value is -1.68. The molecule has 0 fully saturated rings. The topological polar surface area (TPSA) is 32.6 Å². The Morgan fingerprint density at radius 3 is 2.47 bits per heavy atom. The zero-order valence-electron chi connectivity index (χ0n) is 10.1. The highest BCUT2D eigenvalue weighted by molar-refractivity contribution is 9.10. The maximum Gasteiger partial charge on any atom is 0.127 e. The lowest BCUT2D eigenvalue weighted by atomic mass is 9.88. The van der Waals surface area contributed by atoms with Crippen molar-refractivity contribution in [3.63, 3.8) is 0 Å². The van der Waals surface area contributed by atoms with Gasteiger partial charge in [0.05, 0.1) is 0 Å². The molecule has 0 spiro atoms. The number of hydrogen-bond acceptors (Lipinski definition) is 2. The van der Waals surface area contributed by atoms with Crippen LogP contribution in [0.3, 0.4) is 0 Å². The van der Waals surface area contributed by atoms with Crippen LogP contribution in [0.2, 0.25) is 0 Å². The van der Waals surface area contributed by atoms with Crippen molar-refractivity contribution in [3.8, 4) is 0 Å². The van der Waals surface area contributed by atoms with E-state index in [1.54, 1.807) is 18.2 Å². The minimum Gasteiger partial charge on any atom is -0.411 e. The zero-order valence-corrected chi connectivity index (χ0v) is 11.6. The van der Waals surface area contributed by atoms with Gasteiger partial charge in [-0.25, -0.2) is 4.39 Å². The average Bonchev–Trinajstić information content (AvgIpc) is 2.43. The van der Waals surface area contributed by atoms with E-state index >= 15 is 0 Å². The predicted molar refractivity (Wildman–Crippen MR) is 76.2 cm³/mol. The van der Waals surface area contributed by atoms with E-state index in [9.17, 15) is 4.39 Å². The smallest absolute Gasteiger partial charge is 0.127 e. The molecule has 0 saturated carbocycles. The molecule has 0 amide bonds. The zero-order chi connectivity index (χ0) is 13.7. The van der Waals surface area contributed by atoms with Gasteiger partial charge in [-0.1, -0.05) is 51.4 Å². The van der Waals surface area contributed by atoms with E-state index in [2.05, 4.69) is 27.3 Å². The van der Waals surface area contributed by atoms with Gasteiger partial charge in [0, 0.05) is 16.8 Å². The Morgan fingerprint density at radius 2 is 1.84 bits per heavy atom. The summed E-state index contributed by atoms with van der Waals surface area (Å²) in [6, 6.07) is 14.2. The molecule has 1 unspecified atom stereocenters. The van der Waals surface area contributed by atoms with E-state index < -0.39 is 0 Å². The molecule has 0 heterocycles. The molecule has 2 aromatic carbocycles. The Bertz CT molecular complexity index is 569. The van der Waals surface area contributed by atoms with Crippen LogP contribution < -0.4 is 0 Å². The lowest BCUT2D eigenvalue weighted by Gasteiger charge is -2.16. The van der Waals surface area contributed by atoms with Crippen molar-refractivity contribution in [3.05, 3.63) is 69.9 Å². The fraction of sp³-hybridized carbons (Fsp3) is 0.133. The van der Waals surface area contributed by atoms with Crippen LogP contribution in [0.15, 0.2) is 58.2 Å². The maximum atomic E-state index is 13.9. The summed E-state index contributed by atoms with van der Waals surface area (Å²) in [5, 5.41) is 11.4. The second kappa shape index (κ2) is 6.48. The van der Waals surface area contributed by atoms with Gasteiger partial charge in [0.15, 0.2) is 0 Å². The lowest BCUT2D eigenvalue weighted by molar-refractivity contribution is 0.320. The maximum absolute atomic E-state index is 13.9. The quantitative estimate of drug-likeness (QED) is 0.504. The molecule has 1 N–H and O–H groups in total. The molecule has 2 aromatic rings. The average molecular weight is 321 g/mol. The molecule has 0 aliphatic rings. The fourth-order valence-corrected chi connectivity index (χ4v) is 2.26. The van der Waals surface area contributed by atoms with E-state index in [0.717, 1.165) is 10.0 Å². The second-order valence-electron chi connectivity index (χ2n) is 4.09. The highest BCUT2D eigenvalue weighted by Crippen LogP contribution is 2.30. The summed E-state index contributed by atoms with van der Waals surface area (Å²) in [7, 11) is 0. The molecule has 97 valence electrons. The van der Waals surface area contributed by atoms with Crippen LogP contribution in [-0.4, -0.2) is 11.4 Å². The van der Waals surface area contributed by atoms with Gasteiger partial charge in [0.1, 0.15) is 12.0 Å². The van der Waals surface area contributed by atoms with Gasteiger partial charge in [-0.15, -0.1) is 0 Å². The molecule has 2 nitrogen and oxygen atoms in total. The lowest BCUT2D eigenvalue weighted by Crippen LogP contribution is -2.04. The van der Waals surface area contributed by atoms with Crippen molar-refractivity contribution in [2.24, 2.45) is 5.16 Å². The van der Waals surface area contributed by atoms with Crippen molar-refractivity contribution in [2.45, 2.75) is 12.3 Å². The van der Waals surface area contributed by atoms with Gasteiger partial charge >= 0.3 is 0 Å². The van der Waals surface area contributed by atoms with E-state index in [4.69, 9.17) is 5.21 Å². The molecule has 0 bridgehead atoms. The predicted octanol–water partition coefficient (Wildman–Crippen LogP) is 4.45. The Kier molecular flexibility index (Phi) is 4.68. The molecular formula is C15H12BrFNO. The Morgan fingerprint density at radius 1 is 1.16 bits per heavy atom. The summed E-state index contributed by atoms with van der Waals surface area (Å²) >= 11 is 3.37. The molecule has 0 aromatic heterocycles. The highest BCUT2D eigenvalue weighted by atomic mass is 79.9. The van der Waals surface area contributed by atoms with Crippen molar-refractivity contribution < 1.29 is 9.60 Å². The molecule has 1 atom stereocenters. The summed E-state index contributed by atoms with van der Waals surface area (Å²) in [6.45, 7) is 0. The normalized spacial score (nSPS) is 12.7. The Labute approximate surface area is 119 Å². The van der Waals surface area contributed by atoms with E-state index in [-0.39, 0.29) is 11.7 Å². The van der Waals surface area contributed by atoms with Crippen molar-refractivity contribution in [1.29, 1.82) is 0 Å². The summed E-state index contributed by atoms with van der Waals surface area (Å²) in [4.78, 5) is 0. The number of rotatable bonds is 4. The summed E-state index contributed by atoms with van der Waals surface area (Å²) in [5.41, 5.74) is 1.52. The van der Waals surface area contributed by atoms with Gasteiger partial charge in [-0.2, -0.15) is 0 Å². The number of nitrogens with zero attached hydrogens (tertiary/aromatic N) is 1. The van der Waals surface area contributed by atoms with Crippen LogP contribution in [0.4, 0.5) is 4.39 Å². The summed E-state index contributed by atoms with van der Waals surface area (Å²) in [5.74, 6) is -0.486. The fourth-order valence-electron chi connectivity index (χ4n) is 1.99. The molecule has 4 heteroatoms. The molecule has 0 aliphatic heterocycles. The first-order valence-electron chi connectivity index (χ1n) is 5.79. The van der Waals surface area contributed by atoms with E-state index in [0.29, 0.717) is 12.0 Å². The van der Waals surface area contributed by atoms with Crippen LogP contribution in [0.5, 0.6) is 0 Å². The number of halogens is 2. The monoisotopic (exact) mass is 320 g/mol. The molecule has 19 heavy (non-hydrogen) atoms. The number of hydrogen-bond donors (Lipinski definition) is 1. The van der Waals surface area contributed by atoms with E-state index in [1.807, 2.05) is 24.3 Å². The third kappa shape index (κ3) is 3.41. The van der Waals surface area contributed by atoms with E-state index in [1.165, 1.54) is 6.07 Å². The minimum atomic E-state index is -0.268. The van der Waals surface area contributed by atoms with Crippen molar-refractivity contribution >= 4 is 22.1 Å². The van der Waals surface area contributed by atoms with Gasteiger partial charge < -0.3 is 5.21 Å². The first-order chi connectivity index (χ1) is 9.22. The highest BCUT2D eigenvalue weighted by Gasteiger charge is 2.17. The van der Waals surface area contributed by atoms with Crippen molar-refractivity contribution in [2.75, 3.05) is 0 Å². The molecule has 0 saturated heterocycles. The van der Waals surface area contributed by atoms with Crippen LogP contribution >= 0.6 is 15.9 Å². The summed E-state index contributed by atoms with van der Waals surface area (Å²) < 4.78 is 14.9. The Balaban J connectivity index is 2.41. The van der Waals surface area contributed by atoms with Gasteiger partial charge in [0.2, 0.25) is 0 Å². The van der Waals surface area contributed by atoms with Gasteiger partial charge in [0.25, 0.3) is 0 Å². The minimum absolute atomic E-state index is 0.217. The third-order valence-corrected chi connectivity index (χ3v) is 3.45. The van der Waals surface area contributed by atoms with Gasteiger partial charge in [-0.05, 0) is 29.3 Å². The molecule has 0 aliphatic carbocycles. The van der Waals surface area contributed by atoms with Crippen LogP contribution in [0.1, 0.15) is 23.5 Å². The van der Waals surface area contributed by atoms with Crippen molar-refractivity contribution in [1.82, 2.24) is 0 Å². The van der Waals surface area contributed by atoms with Crippen LogP contribution in [-0.2, 0) is 0 Å². The number of benzene rings is 2. The van der Waals surface area contributed by atoms with Crippen LogP contribution in [0.25, 0.3) is 0 Å². The molecular weight excluding hydrogens is 309 g/mol. The molecule has 2 rings (SSSR count). The largest absolute Gasteiger partial charge is 0.411 e. The first-order valence-corrected chi connectivity index (χ1v) is 6.58. The summed E-state index contributed by atoms with van der Waals surface area (Å²) in [6.07, 6.45) is 2.81. The van der Waals surface area contributed by atoms with Gasteiger partial charge in [-0.3, -0.25) is 0 Å².